The van der Waals surface area contributed by atoms with E-state index in [-0.39, 0.29) is 12.0 Å². The van der Waals surface area contributed by atoms with Crippen LogP contribution < -0.4 is 10.1 Å². The van der Waals surface area contributed by atoms with E-state index in [1.54, 1.807) is 18.7 Å². The number of carbonyl (C=O) groups excluding carboxylic acids is 1. The third-order valence-electron chi connectivity index (χ3n) is 5.39. The molecule has 0 saturated heterocycles. The van der Waals surface area contributed by atoms with Crippen LogP contribution in [0.15, 0.2) is 55.2 Å². The molecule has 9 nitrogen and oxygen atoms in total. The standard InChI is InChI=1S/C23H23N7O2/c1-15-12-30(13-24-15)17-8-9-20-18(11-17)23(31)27-21-7-3-6-19(26-21)22-28-25-14-29(22)10-4-5-16(2)32-20/h3,6-9,11-14,16H,4-5,10H2,1-2H3,(H,26,27,31)/t16-/m1/s1. The summed E-state index contributed by atoms with van der Waals surface area (Å²) in [5, 5.41) is 11.2. The molecule has 1 aromatic carbocycles. The smallest absolute Gasteiger partial charge is 0.260 e. The Hall–Kier alpha value is -4.01. The number of imidazole rings is 1. The van der Waals surface area contributed by atoms with E-state index in [1.165, 1.54) is 0 Å². The molecule has 0 spiro atoms. The lowest BCUT2D eigenvalue weighted by Gasteiger charge is -2.19. The van der Waals surface area contributed by atoms with Crippen LogP contribution in [0.5, 0.6) is 5.75 Å². The zero-order valence-electron chi connectivity index (χ0n) is 17.9. The van der Waals surface area contributed by atoms with Gasteiger partial charge in [0, 0.05) is 18.4 Å². The van der Waals surface area contributed by atoms with Crippen LogP contribution in [-0.2, 0) is 6.54 Å². The van der Waals surface area contributed by atoms with Crippen LogP contribution in [-0.4, -0.2) is 41.3 Å². The van der Waals surface area contributed by atoms with Gasteiger partial charge in [0.2, 0.25) is 0 Å². The second kappa shape index (κ2) is 8.26. The minimum absolute atomic E-state index is 0.0679. The summed E-state index contributed by atoms with van der Waals surface area (Å²) in [6, 6.07) is 11.0. The monoisotopic (exact) mass is 429 g/mol. The van der Waals surface area contributed by atoms with Crippen LogP contribution in [0.4, 0.5) is 5.82 Å². The number of benzene rings is 1. The van der Waals surface area contributed by atoms with E-state index >= 15 is 0 Å². The number of carbonyl (C=O) groups is 1. The van der Waals surface area contributed by atoms with Crippen molar-refractivity contribution in [1.82, 2.24) is 29.3 Å². The first-order valence-corrected chi connectivity index (χ1v) is 10.5. The molecule has 162 valence electrons. The van der Waals surface area contributed by atoms with Gasteiger partial charge in [-0.1, -0.05) is 6.07 Å². The first kappa shape index (κ1) is 19.9. The van der Waals surface area contributed by atoms with Crippen molar-refractivity contribution in [3.05, 3.63) is 66.5 Å². The van der Waals surface area contributed by atoms with E-state index < -0.39 is 0 Å². The summed E-state index contributed by atoms with van der Waals surface area (Å²) in [5.41, 5.74) is 2.82. The summed E-state index contributed by atoms with van der Waals surface area (Å²) in [6.45, 7) is 4.69. The van der Waals surface area contributed by atoms with E-state index in [2.05, 4.69) is 25.5 Å². The van der Waals surface area contributed by atoms with Crippen molar-refractivity contribution < 1.29 is 9.53 Å². The van der Waals surface area contributed by atoms with E-state index in [0.717, 1.165) is 30.8 Å². The molecule has 0 saturated carbocycles. The molecule has 1 N–H and O–H groups in total. The van der Waals surface area contributed by atoms with Crippen LogP contribution >= 0.6 is 0 Å². The fraction of sp³-hybridized carbons (Fsp3) is 0.261. The zero-order chi connectivity index (χ0) is 22.1. The molecule has 9 heteroatoms. The number of nitrogens with zero attached hydrogens (tertiary/aromatic N) is 6. The highest BCUT2D eigenvalue weighted by molar-refractivity contribution is 6.06. The number of rotatable bonds is 1. The molecule has 3 aromatic heterocycles. The first-order chi connectivity index (χ1) is 15.6. The number of hydrogen-bond donors (Lipinski definition) is 1. The average Bonchev–Trinajstić information content (AvgIpc) is 3.43. The van der Waals surface area contributed by atoms with Gasteiger partial charge in [-0.05, 0) is 57.0 Å². The third kappa shape index (κ3) is 3.96. The minimum Gasteiger partial charge on any atom is -0.490 e. The molecule has 0 radical (unpaired) electrons. The fourth-order valence-electron chi connectivity index (χ4n) is 3.78. The molecular formula is C23H23N7O2. The van der Waals surface area contributed by atoms with Gasteiger partial charge in [0.25, 0.3) is 5.91 Å². The lowest BCUT2D eigenvalue weighted by molar-refractivity contribution is 0.101. The zero-order valence-corrected chi connectivity index (χ0v) is 17.9. The maximum Gasteiger partial charge on any atom is 0.260 e. The highest BCUT2D eigenvalue weighted by Crippen LogP contribution is 2.26. The van der Waals surface area contributed by atoms with Crippen molar-refractivity contribution >= 4 is 11.7 Å². The Balaban J connectivity index is 1.56. The summed E-state index contributed by atoms with van der Waals surface area (Å²) in [6.07, 6.45) is 6.96. The second-order valence-electron chi connectivity index (χ2n) is 7.88. The van der Waals surface area contributed by atoms with Crippen molar-refractivity contribution in [2.45, 2.75) is 39.3 Å². The Morgan fingerprint density at radius 2 is 2.09 bits per heavy atom. The molecule has 4 heterocycles. The number of ether oxygens (including phenoxy) is 1. The van der Waals surface area contributed by atoms with Gasteiger partial charge >= 0.3 is 0 Å². The predicted octanol–water partition coefficient (Wildman–Crippen LogP) is 3.65. The molecule has 0 fully saturated rings. The highest BCUT2D eigenvalue weighted by atomic mass is 16.5. The van der Waals surface area contributed by atoms with Crippen LogP contribution in [0.25, 0.3) is 17.2 Å². The van der Waals surface area contributed by atoms with Crippen molar-refractivity contribution in [2.24, 2.45) is 0 Å². The topological polar surface area (TPSA) is 99.8 Å². The summed E-state index contributed by atoms with van der Waals surface area (Å²) in [7, 11) is 0. The molecule has 4 aromatic rings. The van der Waals surface area contributed by atoms with Crippen molar-refractivity contribution in [2.75, 3.05) is 5.32 Å². The summed E-state index contributed by atoms with van der Waals surface area (Å²) < 4.78 is 10.0. The number of hydrogen-bond acceptors (Lipinski definition) is 6. The summed E-state index contributed by atoms with van der Waals surface area (Å²) >= 11 is 0. The first-order valence-electron chi connectivity index (χ1n) is 10.5. The SMILES string of the molecule is Cc1cn(-c2ccc3c(c2)C(=O)Nc2cccc(n2)-c2nncn2CCC[C@@H](C)O3)cn1. The lowest BCUT2D eigenvalue weighted by atomic mass is 10.1. The quantitative estimate of drug-likeness (QED) is 0.496. The molecule has 1 aliphatic rings. The van der Waals surface area contributed by atoms with Gasteiger partial charge in [-0.3, -0.25) is 4.79 Å². The van der Waals surface area contributed by atoms with Crippen molar-refractivity contribution in [3.8, 4) is 23.0 Å². The summed E-state index contributed by atoms with van der Waals surface area (Å²) in [5.74, 6) is 1.34. The molecule has 0 aliphatic carbocycles. The van der Waals surface area contributed by atoms with E-state index in [9.17, 15) is 4.79 Å². The van der Waals surface area contributed by atoms with Gasteiger partial charge in [-0.15, -0.1) is 10.2 Å². The molecule has 1 atom stereocenters. The molecule has 32 heavy (non-hydrogen) atoms. The molecule has 2 bridgehead atoms. The van der Waals surface area contributed by atoms with Crippen molar-refractivity contribution in [1.29, 1.82) is 0 Å². The molecule has 1 aliphatic heterocycles. The molecule has 5 rings (SSSR count). The lowest BCUT2D eigenvalue weighted by Crippen LogP contribution is -2.19. The molecule has 1 amide bonds. The van der Waals surface area contributed by atoms with Crippen molar-refractivity contribution in [3.63, 3.8) is 0 Å². The number of aryl methyl sites for hydroxylation is 2. The number of pyridine rings is 1. The maximum atomic E-state index is 13.3. The molecule has 0 unspecified atom stereocenters. The number of fused-ring (bicyclic) bond motifs is 5. The van der Waals surface area contributed by atoms with E-state index in [1.807, 2.05) is 59.5 Å². The Kier molecular flexibility index (Phi) is 5.14. The Morgan fingerprint density at radius 3 is 2.94 bits per heavy atom. The van der Waals surface area contributed by atoms with E-state index in [0.29, 0.717) is 28.6 Å². The average molecular weight is 429 g/mol. The van der Waals surface area contributed by atoms with Gasteiger partial charge in [-0.2, -0.15) is 0 Å². The van der Waals surface area contributed by atoms with E-state index in [4.69, 9.17) is 4.74 Å². The predicted molar refractivity (Wildman–Crippen MR) is 119 cm³/mol. The normalized spacial score (nSPS) is 16.3. The second-order valence-corrected chi connectivity index (χ2v) is 7.88. The highest BCUT2D eigenvalue weighted by Gasteiger charge is 2.19. The number of anilines is 1. The Labute approximate surface area is 185 Å². The minimum atomic E-state index is -0.297. The largest absolute Gasteiger partial charge is 0.490 e. The fourth-order valence-corrected chi connectivity index (χ4v) is 3.78. The van der Waals surface area contributed by atoms with Crippen LogP contribution in [0.3, 0.4) is 0 Å². The third-order valence-corrected chi connectivity index (χ3v) is 5.39. The maximum absolute atomic E-state index is 13.3. The number of nitrogens with one attached hydrogen (secondary N) is 1. The number of amides is 1. The number of aromatic nitrogens is 6. The van der Waals surface area contributed by atoms with Gasteiger partial charge in [0.1, 0.15) is 23.6 Å². The Morgan fingerprint density at radius 1 is 1.19 bits per heavy atom. The molecular weight excluding hydrogens is 406 g/mol. The van der Waals surface area contributed by atoms with Crippen LogP contribution in [0.2, 0.25) is 0 Å². The Bertz CT molecular complexity index is 1280. The summed E-state index contributed by atoms with van der Waals surface area (Å²) in [4.78, 5) is 22.1. The van der Waals surface area contributed by atoms with Crippen LogP contribution in [0, 0.1) is 6.92 Å². The van der Waals surface area contributed by atoms with Gasteiger partial charge in [0.05, 0.1) is 23.7 Å². The van der Waals surface area contributed by atoms with Crippen LogP contribution in [0.1, 0.15) is 35.8 Å². The van der Waals surface area contributed by atoms with Gasteiger partial charge in [0.15, 0.2) is 5.82 Å². The van der Waals surface area contributed by atoms with Gasteiger partial charge in [-0.25, -0.2) is 9.97 Å². The van der Waals surface area contributed by atoms with Gasteiger partial charge < -0.3 is 19.2 Å².